The lowest BCUT2D eigenvalue weighted by atomic mass is 9.88. The Morgan fingerprint density at radius 2 is 1.89 bits per heavy atom. The van der Waals surface area contributed by atoms with E-state index in [4.69, 9.17) is 27.9 Å². The van der Waals surface area contributed by atoms with E-state index in [1.165, 1.54) is 45.2 Å². The van der Waals surface area contributed by atoms with Crippen molar-refractivity contribution in [1.82, 2.24) is 9.80 Å². The number of amides is 1. The lowest BCUT2D eigenvalue weighted by Crippen LogP contribution is -2.53. The molecule has 1 saturated heterocycles. The predicted molar refractivity (Wildman–Crippen MR) is 118 cm³/mol. The summed E-state index contributed by atoms with van der Waals surface area (Å²) in [6.45, 7) is 2.86. The van der Waals surface area contributed by atoms with Gasteiger partial charge in [0.2, 0.25) is 5.91 Å². The molecule has 4 nitrogen and oxygen atoms in total. The summed E-state index contributed by atoms with van der Waals surface area (Å²) >= 11 is 12.0. The Hall–Kier alpha value is -0.680. The van der Waals surface area contributed by atoms with Crippen LogP contribution in [0, 0.1) is 0 Å². The molecule has 0 radical (unpaired) electrons. The topological polar surface area (TPSA) is 32.8 Å². The van der Waals surface area contributed by atoms with Crippen LogP contribution in [-0.2, 0) is 4.79 Å². The number of nitrogens with zero attached hydrogens (tertiary/aromatic N) is 2. The summed E-state index contributed by atoms with van der Waals surface area (Å²) in [7, 11) is 1.98. The Morgan fingerprint density at radius 3 is 2.61 bits per heavy atom. The summed E-state index contributed by atoms with van der Waals surface area (Å²) in [6.07, 6.45) is 8.64. The van der Waals surface area contributed by atoms with Crippen molar-refractivity contribution in [2.45, 2.75) is 63.5 Å². The van der Waals surface area contributed by atoms with Gasteiger partial charge < -0.3 is 9.64 Å². The van der Waals surface area contributed by atoms with Gasteiger partial charge in [0.1, 0.15) is 5.75 Å². The minimum Gasteiger partial charge on any atom is -0.492 e. The molecule has 0 bridgehead atoms. The smallest absolute Gasteiger partial charge is 0.222 e. The zero-order valence-corrected chi connectivity index (χ0v) is 18.9. The molecule has 1 heterocycles. The van der Waals surface area contributed by atoms with Crippen LogP contribution in [0.3, 0.4) is 0 Å². The van der Waals surface area contributed by atoms with Gasteiger partial charge in [0.25, 0.3) is 0 Å². The molecule has 3 rings (SSSR count). The third-order valence-corrected chi connectivity index (χ3v) is 6.41. The van der Waals surface area contributed by atoms with Crippen molar-refractivity contribution in [3.8, 4) is 5.75 Å². The van der Waals surface area contributed by atoms with Crippen molar-refractivity contribution in [3.63, 3.8) is 0 Å². The van der Waals surface area contributed by atoms with Crippen molar-refractivity contribution in [2.75, 3.05) is 26.7 Å². The Labute approximate surface area is 184 Å². The average Bonchev–Trinajstić information content (AvgIpc) is 3.20. The number of carbonyl (C=O) groups excluding carboxylic acids is 1. The molecular formula is C21H31Cl3N2O2. The average molecular weight is 450 g/mol. The van der Waals surface area contributed by atoms with Gasteiger partial charge in [-0.05, 0) is 63.4 Å². The van der Waals surface area contributed by atoms with E-state index in [2.05, 4.69) is 4.90 Å². The van der Waals surface area contributed by atoms with Gasteiger partial charge >= 0.3 is 0 Å². The van der Waals surface area contributed by atoms with Crippen molar-refractivity contribution in [3.05, 3.63) is 28.2 Å². The van der Waals surface area contributed by atoms with Gasteiger partial charge in [-0.1, -0.05) is 36.0 Å². The van der Waals surface area contributed by atoms with E-state index in [1.807, 2.05) is 11.9 Å². The Balaban J connectivity index is 0.00000280. The van der Waals surface area contributed by atoms with Crippen LogP contribution in [0.2, 0.25) is 10.0 Å². The predicted octanol–water partition coefficient (Wildman–Crippen LogP) is 5.44. The van der Waals surface area contributed by atoms with E-state index < -0.39 is 0 Å². The van der Waals surface area contributed by atoms with Crippen molar-refractivity contribution < 1.29 is 9.53 Å². The fraction of sp³-hybridized carbons (Fsp3) is 0.667. The quantitative estimate of drug-likeness (QED) is 0.520. The van der Waals surface area contributed by atoms with Gasteiger partial charge in [0, 0.05) is 30.6 Å². The molecule has 0 unspecified atom stereocenters. The number of carbonyl (C=O) groups is 1. The maximum atomic E-state index is 12.7. The number of benzene rings is 1. The molecule has 7 heteroatoms. The van der Waals surface area contributed by atoms with Crippen molar-refractivity contribution in [1.29, 1.82) is 0 Å². The molecule has 28 heavy (non-hydrogen) atoms. The summed E-state index contributed by atoms with van der Waals surface area (Å²) in [5, 5.41) is 1.09. The van der Waals surface area contributed by atoms with Crippen LogP contribution in [0.4, 0.5) is 0 Å². The molecule has 2 fully saturated rings. The first kappa shape index (κ1) is 23.6. The number of hydrogen-bond acceptors (Lipinski definition) is 3. The molecule has 0 spiro atoms. The highest BCUT2D eigenvalue weighted by Gasteiger charge is 2.35. The van der Waals surface area contributed by atoms with Crippen LogP contribution in [0.15, 0.2) is 18.2 Å². The van der Waals surface area contributed by atoms with Gasteiger partial charge in [-0.3, -0.25) is 9.69 Å². The molecular weight excluding hydrogens is 419 g/mol. The lowest BCUT2D eigenvalue weighted by molar-refractivity contribution is -0.134. The van der Waals surface area contributed by atoms with E-state index in [-0.39, 0.29) is 18.3 Å². The summed E-state index contributed by atoms with van der Waals surface area (Å²) in [4.78, 5) is 17.4. The molecule has 1 aromatic carbocycles. The highest BCUT2D eigenvalue weighted by Crippen LogP contribution is 2.30. The molecule has 2 atom stereocenters. The highest BCUT2D eigenvalue weighted by molar-refractivity contribution is 6.35. The molecule has 158 valence electrons. The number of likely N-dealkylation sites (N-methyl/N-ethyl adjacent to an activating group) is 1. The van der Waals surface area contributed by atoms with Crippen LogP contribution >= 0.6 is 35.6 Å². The summed E-state index contributed by atoms with van der Waals surface area (Å²) in [6, 6.07) is 6.08. The van der Waals surface area contributed by atoms with E-state index >= 15 is 0 Å². The molecule has 2 aliphatic rings. The second-order valence-corrected chi connectivity index (χ2v) is 8.54. The second kappa shape index (κ2) is 11.5. The molecule has 1 aliphatic heterocycles. The third kappa shape index (κ3) is 6.16. The fourth-order valence-corrected chi connectivity index (χ4v) is 4.86. The van der Waals surface area contributed by atoms with Crippen molar-refractivity contribution >= 4 is 41.5 Å². The number of halogens is 3. The first-order valence-corrected chi connectivity index (χ1v) is 10.9. The first-order valence-electron chi connectivity index (χ1n) is 10.1. The van der Waals surface area contributed by atoms with Crippen LogP contribution in [-0.4, -0.2) is 54.5 Å². The van der Waals surface area contributed by atoms with Gasteiger partial charge in [0.15, 0.2) is 0 Å². The number of hydrogen-bond donors (Lipinski definition) is 0. The minimum absolute atomic E-state index is 0. The van der Waals surface area contributed by atoms with Crippen LogP contribution in [0.25, 0.3) is 0 Å². The van der Waals surface area contributed by atoms with Gasteiger partial charge in [-0.15, -0.1) is 12.4 Å². The Kier molecular flexibility index (Phi) is 9.68. The maximum Gasteiger partial charge on any atom is 0.222 e. The van der Waals surface area contributed by atoms with E-state index in [0.29, 0.717) is 47.3 Å². The Morgan fingerprint density at radius 1 is 1.18 bits per heavy atom. The lowest BCUT2D eigenvalue weighted by Gasteiger charge is -2.42. The molecule has 1 aliphatic carbocycles. The molecule has 1 amide bonds. The standard InChI is InChI=1S/C21H30Cl2N2O2.ClH/c1-24(18-7-2-3-8-19(18)25-12-4-5-13-25)21(26)9-6-14-27-20-11-10-16(22)15-17(20)23;/h10-11,15,18-19H,2-9,12-14H2,1H3;1H/t18-,19-;/m1./s1. The largest absolute Gasteiger partial charge is 0.492 e. The van der Waals surface area contributed by atoms with E-state index in [9.17, 15) is 4.79 Å². The maximum absolute atomic E-state index is 12.7. The highest BCUT2D eigenvalue weighted by atomic mass is 35.5. The van der Waals surface area contributed by atoms with Crippen LogP contribution < -0.4 is 4.74 Å². The van der Waals surface area contributed by atoms with Crippen LogP contribution in [0.5, 0.6) is 5.75 Å². The zero-order chi connectivity index (χ0) is 19.2. The Bertz CT molecular complexity index is 638. The zero-order valence-electron chi connectivity index (χ0n) is 16.5. The third-order valence-electron chi connectivity index (χ3n) is 5.88. The molecule has 1 aromatic rings. The SMILES string of the molecule is CN(C(=O)CCCOc1ccc(Cl)cc1Cl)[C@@H]1CCCC[C@H]1N1CCCC1.Cl. The fourth-order valence-electron chi connectivity index (χ4n) is 4.40. The number of rotatable bonds is 7. The van der Waals surface area contributed by atoms with Gasteiger partial charge in [0.05, 0.1) is 11.6 Å². The molecule has 0 N–H and O–H groups in total. The minimum atomic E-state index is 0. The van der Waals surface area contributed by atoms with Crippen LogP contribution in [0.1, 0.15) is 51.4 Å². The van der Waals surface area contributed by atoms with E-state index in [0.717, 1.165) is 6.42 Å². The normalized spacial score (nSPS) is 22.5. The van der Waals surface area contributed by atoms with Gasteiger partial charge in [-0.25, -0.2) is 0 Å². The summed E-state index contributed by atoms with van der Waals surface area (Å²) in [5.41, 5.74) is 0. The molecule has 1 saturated carbocycles. The second-order valence-electron chi connectivity index (χ2n) is 7.69. The number of ether oxygens (including phenoxy) is 1. The van der Waals surface area contributed by atoms with Crippen molar-refractivity contribution in [2.24, 2.45) is 0 Å². The first-order chi connectivity index (χ1) is 13.1. The monoisotopic (exact) mass is 448 g/mol. The van der Waals surface area contributed by atoms with E-state index in [1.54, 1.807) is 18.2 Å². The summed E-state index contributed by atoms with van der Waals surface area (Å²) in [5.74, 6) is 0.833. The summed E-state index contributed by atoms with van der Waals surface area (Å²) < 4.78 is 5.70. The number of likely N-dealkylation sites (tertiary alicyclic amines) is 1. The van der Waals surface area contributed by atoms with Gasteiger partial charge in [-0.2, -0.15) is 0 Å². The molecule has 0 aromatic heterocycles.